The third kappa shape index (κ3) is 4.29. The second kappa shape index (κ2) is 7.36. The van der Waals surface area contributed by atoms with Gasteiger partial charge in [-0.05, 0) is 24.6 Å². The number of hydrogen-bond acceptors (Lipinski definition) is 4. The van der Waals surface area contributed by atoms with Crippen molar-refractivity contribution >= 4 is 5.69 Å². The van der Waals surface area contributed by atoms with Gasteiger partial charge < -0.3 is 20.1 Å². The molecule has 0 amide bonds. The summed E-state index contributed by atoms with van der Waals surface area (Å²) in [5.41, 5.74) is 2.39. The molecular formula is C14H24N2O2. The third-order valence-electron chi connectivity index (χ3n) is 2.98. The lowest BCUT2D eigenvalue weighted by Gasteiger charge is -2.22. The highest BCUT2D eigenvalue weighted by molar-refractivity contribution is 5.46. The Morgan fingerprint density at radius 1 is 1.28 bits per heavy atom. The first kappa shape index (κ1) is 15.0. The Balaban J connectivity index is 2.63. The van der Waals surface area contributed by atoms with E-state index in [2.05, 4.69) is 41.4 Å². The monoisotopic (exact) mass is 252 g/mol. The molecule has 2 atom stereocenters. The normalized spacial score (nSPS) is 14.3. The maximum Gasteiger partial charge on any atom is 0.0638 e. The SMILES string of the molecule is COCC(CO)NC(C)c1ccc(N(C)C)cc1. The van der Waals surface area contributed by atoms with Crippen molar-refractivity contribution in [3.05, 3.63) is 29.8 Å². The summed E-state index contributed by atoms with van der Waals surface area (Å²) in [4.78, 5) is 2.07. The fourth-order valence-corrected chi connectivity index (χ4v) is 1.87. The Kier molecular flexibility index (Phi) is 6.12. The molecule has 1 rings (SSSR count). The van der Waals surface area contributed by atoms with Crippen molar-refractivity contribution in [2.45, 2.75) is 19.0 Å². The summed E-state index contributed by atoms with van der Waals surface area (Å²) in [6, 6.07) is 8.56. The van der Waals surface area contributed by atoms with Crippen LogP contribution in [-0.4, -0.2) is 45.6 Å². The van der Waals surface area contributed by atoms with Crippen molar-refractivity contribution in [2.75, 3.05) is 39.3 Å². The molecule has 1 aromatic rings. The molecule has 4 heteroatoms. The molecule has 0 heterocycles. The molecule has 102 valence electrons. The highest BCUT2D eigenvalue weighted by Crippen LogP contribution is 2.18. The van der Waals surface area contributed by atoms with E-state index in [1.54, 1.807) is 7.11 Å². The van der Waals surface area contributed by atoms with Crippen LogP contribution in [0.4, 0.5) is 5.69 Å². The van der Waals surface area contributed by atoms with Crippen LogP contribution in [-0.2, 0) is 4.74 Å². The highest BCUT2D eigenvalue weighted by atomic mass is 16.5. The molecule has 4 nitrogen and oxygen atoms in total. The Morgan fingerprint density at radius 2 is 1.89 bits per heavy atom. The van der Waals surface area contributed by atoms with Gasteiger partial charge in [0.2, 0.25) is 0 Å². The number of ether oxygens (including phenoxy) is 1. The van der Waals surface area contributed by atoms with Crippen LogP contribution in [0, 0.1) is 0 Å². The molecule has 0 aliphatic heterocycles. The maximum atomic E-state index is 9.22. The topological polar surface area (TPSA) is 44.7 Å². The molecule has 2 unspecified atom stereocenters. The first-order chi connectivity index (χ1) is 8.58. The smallest absolute Gasteiger partial charge is 0.0638 e. The predicted octanol–water partition coefficient (Wildman–Crippen LogP) is 1.41. The minimum atomic E-state index is -0.0291. The van der Waals surface area contributed by atoms with Gasteiger partial charge in [-0.15, -0.1) is 0 Å². The van der Waals surface area contributed by atoms with E-state index < -0.39 is 0 Å². The van der Waals surface area contributed by atoms with Crippen LogP contribution < -0.4 is 10.2 Å². The predicted molar refractivity (Wildman–Crippen MR) is 75.1 cm³/mol. The lowest BCUT2D eigenvalue weighted by Crippen LogP contribution is -2.38. The van der Waals surface area contributed by atoms with Crippen LogP contribution in [0.25, 0.3) is 0 Å². The van der Waals surface area contributed by atoms with Crippen LogP contribution in [0.15, 0.2) is 24.3 Å². The van der Waals surface area contributed by atoms with Crippen LogP contribution in [0.1, 0.15) is 18.5 Å². The van der Waals surface area contributed by atoms with E-state index >= 15 is 0 Å². The number of aliphatic hydroxyl groups excluding tert-OH is 1. The van der Waals surface area contributed by atoms with E-state index in [0.717, 1.165) is 0 Å². The van der Waals surface area contributed by atoms with Crippen molar-refractivity contribution < 1.29 is 9.84 Å². The Labute approximate surface area is 110 Å². The van der Waals surface area contributed by atoms with Gasteiger partial charge in [-0.25, -0.2) is 0 Å². The van der Waals surface area contributed by atoms with Gasteiger partial charge >= 0.3 is 0 Å². The van der Waals surface area contributed by atoms with Gasteiger partial charge in [0.15, 0.2) is 0 Å². The quantitative estimate of drug-likeness (QED) is 0.770. The van der Waals surface area contributed by atoms with Crippen LogP contribution in [0.3, 0.4) is 0 Å². The van der Waals surface area contributed by atoms with Crippen molar-refractivity contribution in [3.63, 3.8) is 0 Å². The zero-order valence-corrected chi connectivity index (χ0v) is 11.7. The van der Waals surface area contributed by atoms with Gasteiger partial charge in [0.25, 0.3) is 0 Å². The zero-order chi connectivity index (χ0) is 13.5. The second-order valence-electron chi connectivity index (χ2n) is 4.71. The molecule has 0 bridgehead atoms. The van der Waals surface area contributed by atoms with Gasteiger partial charge in [0.05, 0.1) is 19.3 Å². The molecule has 1 aromatic carbocycles. The summed E-state index contributed by atoms with van der Waals surface area (Å²) in [7, 11) is 5.69. The minimum Gasteiger partial charge on any atom is -0.395 e. The number of aliphatic hydroxyl groups is 1. The fourth-order valence-electron chi connectivity index (χ4n) is 1.87. The Bertz CT molecular complexity index is 338. The zero-order valence-electron chi connectivity index (χ0n) is 11.7. The van der Waals surface area contributed by atoms with Crippen LogP contribution in [0.5, 0.6) is 0 Å². The molecule has 0 saturated heterocycles. The lowest BCUT2D eigenvalue weighted by atomic mass is 10.1. The number of methoxy groups -OCH3 is 1. The lowest BCUT2D eigenvalue weighted by molar-refractivity contribution is 0.123. The number of nitrogens with zero attached hydrogens (tertiary/aromatic N) is 1. The molecule has 0 saturated carbocycles. The third-order valence-corrected chi connectivity index (χ3v) is 2.98. The fraction of sp³-hybridized carbons (Fsp3) is 0.571. The van der Waals surface area contributed by atoms with E-state index in [4.69, 9.17) is 4.74 Å². The number of anilines is 1. The molecule has 0 fully saturated rings. The molecular weight excluding hydrogens is 228 g/mol. The number of hydrogen-bond donors (Lipinski definition) is 2. The summed E-state index contributed by atoms with van der Waals surface area (Å²) in [6.07, 6.45) is 0. The standard InChI is InChI=1S/C14H24N2O2/c1-11(15-13(9-17)10-18-4)12-5-7-14(8-6-12)16(2)3/h5-8,11,13,15,17H,9-10H2,1-4H3. The molecule has 2 N–H and O–H groups in total. The van der Waals surface area contributed by atoms with Crippen LogP contribution in [0.2, 0.25) is 0 Å². The first-order valence-electron chi connectivity index (χ1n) is 6.21. The Hall–Kier alpha value is -1.10. The molecule has 0 radical (unpaired) electrons. The van der Waals surface area contributed by atoms with Crippen molar-refractivity contribution in [1.29, 1.82) is 0 Å². The van der Waals surface area contributed by atoms with E-state index in [1.165, 1.54) is 11.3 Å². The van der Waals surface area contributed by atoms with E-state index in [1.807, 2.05) is 14.1 Å². The largest absolute Gasteiger partial charge is 0.395 e. The second-order valence-corrected chi connectivity index (χ2v) is 4.71. The van der Waals surface area contributed by atoms with E-state index in [9.17, 15) is 5.11 Å². The van der Waals surface area contributed by atoms with Crippen molar-refractivity contribution in [1.82, 2.24) is 5.32 Å². The first-order valence-corrected chi connectivity index (χ1v) is 6.21. The number of benzene rings is 1. The van der Waals surface area contributed by atoms with Gasteiger partial charge in [0.1, 0.15) is 0 Å². The van der Waals surface area contributed by atoms with Gasteiger partial charge in [-0.2, -0.15) is 0 Å². The van der Waals surface area contributed by atoms with Gasteiger partial charge in [0, 0.05) is 32.9 Å². The minimum absolute atomic E-state index is 0.0291. The molecule has 0 aliphatic carbocycles. The summed E-state index contributed by atoms with van der Waals surface area (Å²) in [5.74, 6) is 0. The molecule has 18 heavy (non-hydrogen) atoms. The van der Waals surface area contributed by atoms with E-state index in [0.29, 0.717) is 6.61 Å². The van der Waals surface area contributed by atoms with Crippen molar-refractivity contribution in [2.24, 2.45) is 0 Å². The number of rotatable bonds is 7. The van der Waals surface area contributed by atoms with Gasteiger partial charge in [-0.1, -0.05) is 12.1 Å². The van der Waals surface area contributed by atoms with Crippen molar-refractivity contribution in [3.8, 4) is 0 Å². The highest BCUT2D eigenvalue weighted by Gasteiger charge is 2.12. The molecule has 0 aliphatic rings. The summed E-state index contributed by atoms with van der Waals surface area (Å²) >= 11 is 0. The maximum absolute atomic E-state index is 9.22. The van der Waals surface area contributed by atoms with E-state index in [-0.39, 0.29) is 18.7 Å². The molecule has 0 aromatic heterocycles. The summed E-state index contributed by atoms with van der Waals surface area (Å²) in [5, 5.41) is 12.6. The Morgan fingerprint density at radius 3 is 2.33 bits per heavy atom. The van der Waals surface area contributed by atoms with Crippen LogP contribution >= 0.6 is 0 Å². The number of nitrogens with one attached hydrogen (secondary N) is 1. The summed E-state index contributed by atoms with van der Waals surface area (Å²) in [6.45, 7) is 2.67. The molecule has 0 spiro atoms. The average Bonchev–Trinajstić information content (AvgIpc) is 2.38. The van der Waals surface area contributed by atoms with Gasteiger partial charge in [-0.3, -0.25) is 0 Å². The average molecular weight is 252 g/mol. The summed E-state index contributed by atoms with van der Waals surface area (Å²) < 4.78 is 5.05.